The molecule has 0 fully saturated rings. The van der Waals surface area contributed by atoms with Crippen LogP contribution in [0.2, 0.25) is 0 Å². The van der Waals surface area contributed by atoms with E-state index in [0.29, 0.717) is 0 Å². The van der Waals surface area contributed by atoms with Gasteiger partial charge in [0.2, 0.25) is 0 Å². The predicted molar refractivity (Wildman–Crippen MR) is 307 cm³/mol. The molecule has 74 heavy (non-hydrogen) atoms. The Balaban J connectivity index is 0.942. The van der Waals surface area contributed by atoms with E-state index in [-0.39, 0.29) is 0 Å². The maximum Gasteiger partial charge on any atom is 0.136 e. The number of para-hydroxylation sites is 5. The summed E-state index contributed by atoms with van der Waals surface area (Å²) in [6, 6.07) is 98.6. The number of fused-ring (bicyclic) bond motifs is 16. The van der Waals surface area contributed by atoms with Crippen LogP contribution in [0.4, 0.5) is 17.1 Å². The third-order valence-electron chi connectivity index (χ3n) is 16.2. The van der Waals surface area contributed by atoms with Gasteiger partial charge in [-0.2, -0.15) is 0 Å². The molecule has 3 heteroatoms. The van der Waals surface area contributed by atoms with Crippen LogP contribution in [0.1, 0.15) is 22.3 Å². The SMILES string of the molecule is c1ccc(-c2cccc3ccccc23)c(-c2ccccc2N(c2ccc(-c3ccc4c(c3)oc3ccccc34)cc2)c2ccc3c(c2)C2(c4ccccc4-3)c3ccccc3-n3c4ccccc4c4cccc2c43)c1. The zero-order chi connectivity index (χ0) is 48.5. The number of aromatic nitrogens is 1. The van der Waals surface area contributed by atoms with Crippen molar-refractivity contribution in [3.63, 3.8) is 0 Å². The molecule has 16 rings (SSSR count). The van der Waals surface area contributed by atoms with Gasteiger partial charge in [0.25, 0.3) is 0 Å². The molecule has 0 amide bonds. The summed E-state index contributed by atoms with van der Waals surface area (Å²) in [4.78, 5) is 2.49. The Bertz CT molecular complexity index is 4620. The van der Waals surface area contributed by atoms with Crippen LogP contribution < -0.4 is 4.90 Å². The van der Waals surface area contributed by atoms with Crippen molar-refractivity contribution in [3.8, 4) is 50.2 Å². The minimum Gasteiger partial charge on any atom is -0.456 e. The van der Waals surface area contributed by atoms with Crippen molar-refractivity contribution in [2.75, 3.05) is 4.90 Å². The highest BCUT2D eigenvalue weighted by Gasteiger charge is 2.51. The van der Waals surface area contributed by atoms with Crippen molar-refractivity contribution in [2.24, 2.45) is 0 Å². The molecule has 0 radical (unpaired) electrons. The summed E-state index contributed by atoms with van der Waals surface area (Å²) in [5.74, 6) is 0. The van der Waals surface area contributed by atoms with Crippen molar-refractivity contribution < 1.29 is 4.42 Å². The van der Waals surface area contributed by atoms with Gasteiger partial charge in [0.1, 0.15) is 11.2 Å². The number of rotatable bonds is 6. The number of anilines is 3. The zero-order valence-corrected chi connectivity index (χ0v) is 40.2. The summed E-state index contributed by atoms with van der Waals surface area (Å²) in [6.45, 7) is 0. The van der Waals surface area contributed by atoms with E-state index in [9.17, 15) is 0 Å². The topological polar surface area (TPSA) is 21.3 Å². The lowest BCUT2D eigenvalue weighted by atomic mass is 9.65. The lowest BCUT2D eigenvalue weighted by Gasteiger charge is -2.40. The fourth-order valence-corrected chi connectivity index (χ4v) is 13.1. The largest absolute Gasteiger partial charge is 0.456 e. The molecule has 2 aromatic heterocycles. The van der Waals surface area contributed by atoms with Crippen LogP contribution in [0.15, 0.2) is 271 Å². The van der Waals surface area contributed by atoms with Crippen LogP contribution in [0.3, 0.4) is 0 Å². The summed E-state index contributed by atoms with van der Waals surface area (Å²) in [5.41, 5.74) is 22.8. The molecule has 1 aliphatic heterocycles. The van der Waals surface area contributed by atoms with Crippen LogP contribution in [-0.4, -0.2) is 4.57 Å². The van der Waals surface area contributed by atoms with Gasteiger partial charge in [-0.15, -0.1) is 0 Å². The average Bonchev–Trinajstić information content (AvgIpc) is 4.17. The maximum absolute atomic E-state index is 6.39. The van der Waals surface area contributed by atoms with E-state index in [1.807, 2.05) is 12.1 Å². The molecule has 1 spiro atoms. The Labute approximate surface area is 428 Å². The normalized spacial score (nSPS) is 14.3. The second kappa shape index (κ2) is 15.6. The molecule has 1 unspecified atom stereocenters. The van der Waals surface area contributed by atoms with Gasteiger partial charge in [-0.1, -0.05) is 206 Å². The fraction of sp³-hybridized carbons (Fsp3) is 0.0141. The van der Waals surface area contributed by atoms with Crippen LogP contribution in [-0.2, 0) is 5.41 Å². The van der Waals surface area contributed by atoms with E-state index in [0.717, 1.165) is 55.7 Å². The minimum atomic E-state index is -0.603. The first-order valence-electron chi connectivity index (χ1n) is 25.6. The molecule has 2 aliphatic rings. The van der Waals surface area contributed by atoms with Gasteiger partial charge in [-0.3, -0.25) is 0 Å². The van der Waals surface area contributed by atoms with E-state index in [1.54, 1.807) is 0 Å². The first-order chi connectivity index (χ1) is 36.7. The summed E-state index contributed by atoms with van der Waals surface area (Å²) in [6.07, 6.45) is 0. The summed E-state index contributed by atoms with van der Waals surface area (Å²) in [7, 11) is 0. The molecule has 3 nitrogen and oxygen atoms in total. The maximum atomic E-state index is 6.39. The summed E-state index contributed by atoms with van der Waals surface area (Å²) >= 11 is 0. The smallest absolute Gasteiger partial charge is 0.136 e. The van der Waals surface area contributed by atoms with Crippen molar-refractivity contribution >= 4 is 71.6 Å². The highest BCUT2D eigenvalue weighted by molar-refractivity contribution is 6.13. The standard InChI is InChI=1S/C71H44N2O/c1-2-19-50-46(17-1)18-15-26-51(50)52-20-3-4-21-53(52)56-23-6-11-31-65(56)72(48-38-35-45(36-39-48)47-37-41-59-58-25-8-14-34-68(58)74-69(59)43-47)49-40-42-55-54-22-5-9-28-61(54)71(64(55)44-49)62-29-10-13-33-67(62)73-66-32-12-7-24-57(66)60-27-16-30-63(71)70(60)73/h1-44H. The summed E-state index contributed by atoms with van der Waals surface area (Å²) < 4.78 is 8.91. The van der Waals surface area contributed by atoms with Gasteiger partial charge < -0.3 is 13.9 Å². The van der Waals surface area contributed by atoms with Crippen LogP contribution in [0.25, 0.3) is 105 Å². The predicted octanol–water partition coefficient (Wildman–Crippen LogP) is 19.0. The molecule has 0 saturated heterocycles. The molecule has 14 aromatic rings. The Morgan fingerprint density at radius 3 is 1.78 bits per heavy atom. The molecule has 344 valence electrons. The van der Waals surface area contributed by atoms with Crippen LogP contribution >= 0.6 is 0 Å². The molecular weight excluding hydrogens is 897 g/mol. The van der Waals surface area contributed by atoms with Crippen LogP contribution in [0.5, 0.6) is 0 Å². The quantitative estimate of drug-likeness (QED) is 0.166. The zero-order valence-electron chi connectivity index (χ0n) is 40.2. The Morgan fingerprint density at radius 1 is 0.324 bits per heavy atom. The first-order valence-corrected chi connectivity index (χ1v) is 25.6. The van der Waals surface area contributed by atoms with Crippen LogP contribution in [0, 0.1) is 0 Å². The number of hydrogen-bond acceptors (Lipinski definition) is 2. The van der Waals surface area contributed by atoms with Crippen molar-refractivity contribution in [1.29, 1.82) is 0 Å². The molecule has 12 aromatic carbocycles. The Morgan fingerprint density at radius 2 is 0.905 bits per heavy atom. The average molecular weight is 941 g/mol. The molecular formula is C71H44N2O. The highest BCUT2D eigenvalue weighted by atomic mass is 16.3. The van der Waals surface area contributed by atoms with Crippen molar-refractivity contribution in [3.05, 3.63) is 289 Å². The molecule has 1 aliphatic carbocycles. The Hall–Kier alpha value is -9.70. The second-order valence-corrected chi connectivity index (χ2v) is 19.9. The lowest BCUT2D eigenvalue weighted by molar-refractivity contribution is 0.669. The van der Waals surface area contributed by atoms with Gasteiger partial charge in [-0.05, 0) is 133 Å². The number of hydrogen-bond donors (Lipinski definition) is 0. The van der Waals surface area contributed by atoms with Crippen molar-refractivity contribution in [1.82, 2.24) is 4.57 Å². The number of nitrogens with zero attached hydrogens (tertiary/aromatic N) is 2. The molecule has 0 saturated carbocycles. The summed E-state index contributed by atoms with van der Waals surface area (Å²) in [5, 5.41) is 7.26. The van der Waals surface area contributed by atoms with E-state index in [1.165, 1.54) is 88.3 Å². The molecule has 3 heterocycles. The monoisotopic (exact) mass is 940 g/mol. The van der Waals surface area contributed by atoms with Gasteiger partial charge in [-0.25, -0.2) is 0 Å². The first kappa shape index (κ1) is 41.0. The van der Waals surface area contributed by atoms with Gasteiger partial charge in [0.05, 0.1) is 27.8 Å². The van der Waals surface area contributed by atoms with Crippen molar-refractivity contribution in [2.45, 2.75) is 5.41 Å². The van der Waals surface area contributed by atoms with Gasteiger partial charge in [0, 0.05) is 38.5 Å². The second-order valence-electron chi connectivity index (χ2n) is 19.9. The number of benzene rings is 12. The number of furan rings is 1. The third kappa shape index (κ3) is 5.66. The molecule has 0 N–H and O–H groups in total. The van der Waals surface area contributed by atoms with Gasteiger partial charge in [0.15, 0.2) is 0 Å². The molecule has 1 atom stereocenters. The fourth-order valence-electron chi connectivity index (χ4n) is 13.1. The minimum absolute atomic E-state index is 0.603. The highest BCUT2D eigenvalue weighted by Crippen LogP contribution is 2.62. The molecule has 0 bridgehead atoms. The van der Waals surface area contributed by atoms with E-state index in [2.05, 4.69) is 264 Å². The van der Waals surface area contributed by atoms with E-state index in [4.69, 9.17) is 4.42 Å². The Kier molecular flexibility index (Phi) is 8.66. The van der Waals surface area contributed by atoms with Gasteiger partial charge >= 0.3 is 0 Å². The third-order valence-corrected chi connectivity index (χ3v) is 16.2. The lowest BCUT2D eigenvalue weighted by Crippen LogP contribution is -2.33. The van der Waals surface area contributed by atoms with E-state index >= 15 is 0 Å². The van der Waals surface area contributed by atoms with E-state index < -0.39 is 5.41 Å².